The second-order valence-corrected chi connectivity index (χ2v) is 26.9. The van der Waals surface area contributed by atoms with E-state index in [-0.39, 0.29) is 53.9 Å². The van der Waals surface area contributed by atoms with E-state index in [2.05, 4.69) is 289 Å². The van der Waals surface area contributed by atoms with Gasteiger partial charge >= 0.3 is 0 Å². The monoisotopic (exact) mass is 1230 g/mol. The molecule has 0 bridgehead atoms. The second-order valence-electron chi connectivity index (χ2n) is 26.9. The molecule has 0 aliphatic carbocycles. The van der Waals surface area contributed by atoms with Crippen LogP contribution in [0, 0.1) is 6.07 Å². The molecule has 11 rings (SSSR count). The molecule has 408 valence electrons. The van der Waals surface area contributed by atoms with Gasteiger partial charge in [0.2, 0.25) is 0 Å². The largest absolute Gasteiger partial charge is 0.507 e. The van der Waals surface area contributed by atoms with Crippen LogP contribution in [0.15, 0.2) is 176 Å². The Morgan fingerprint density at radius 2 is 1.01 bits per heavy atom. The first kappa shape index (κ1) is 56.0. The van der Waals surface area contributed by atoms with Crippen molar-refractivity contribution in [1.29, 1.82) is 0 Å². The first-order valence-electron chi connectivity index (χ1n) is 28.0. The van der Waals surface area contributed by atoms with Crippen LogP contribution < -0.4 is 0 Å². The molecule has 3 aromatic heterocycles. The zero-order valence-corrected chi connectivity index (χ0v) is 51.6. The van der Waals surface area contributed by atoms with Crippen molar-refractivity contribution in [2.45, 2.75) is 131 Å². The van der Waals surface area contributed by atoms with Gasteiger partial charge in [0.1, 0.15) is 11.6 Å². The van der Waals surface area contributed by atoms with E-state index in [1.807, 2.05) is 6.20 Å². The van der Waals surface area contributed by atoms with Crippen molar-refractivity contribution in [3.05, 3.63) is 210 Å². The molecule has 0 unspecified atom stereocenters. The van der Waals surface area contributed by atoms with E-state index in [1.165, 1.54) is 27.4 Å². The maximum atomic E-state index is 12.9. The van der Waals surface area contributed by atoms with Gasteiger partial charge in [0.05, 0.1) is 33.3 Å². The number of imidazole rings is 1. The molecule has 8 aromatic carbocycles. The van der Waals surface area contributed by atoms with Crippen molar-refractivity contribution in [3.63, 3.8) is 0 Å². The SMILES string of the molecule is CC(C)(C)c1cc(-c2cc(-c3cccc4c5ccccc5n(-c5ccccc5)c34)ccn2)[c-]c(-c2cc(C(C)(C)C)cc3c2nc(-c2cc(C(C)(C)C)cc(C(C)(C)C)c2O)n3-c2cc(C(C)(C)C)ccc2-c2ccccc2)c1.[Pt]. The van der Waals surface area contributed by atoms with Gasteiger partial charge in [0.25, 0.3) is 0 Å². The summed E-state index contributed by atoms with van der Waals surface area (Å²) in [4.78, 5) is 11.0. The molecule has 0 fully saturated rings. The molecular weight excluding hydrogens is 1160 g/mol. The summed E-state index contributed by atoms with van der Waals surface area (Å²) < 4.78 is 4.76. The summed E-state index contributed by atoms with van der Waals surface area (Å²) in [6, 6.07) is 65.7. The number of aromatic hydroxyl groups is 1. The quantitative estimate of drug-likeness (QED) is 0.162. The van der Waals surface area contributed by atoms with Crippen LogP contribution in [0.1, 0.15) is 132 Å². The minimum Gasteiger partial charge on any atom is -0.507 e. The number of phenols is 1. The van der Waals surface area contributed by atoms with Crippen LogP contribution in [-0.4, -0.2) is 24.2 Å². The summed E-state index contributed by atoms with van der Waals surface area (Å²) in [5, 5.41) is 15.3. The van der Waals surface area contributed by atoms with Crippen LogP contribution in [0.2, 0.25) is 0 Å². The van der Waals surface area contributed by atoms with Crippen LogP contribution in [-0.2, 0) is 48.1 Å². The average Bonchev–Trinajstić information content (AvgIpc) is 4.06. The van der Waals surface area contributed by atoms with Gasteiger partial charge in [-0.1, -0.05) is 230 Å². The Balaban J connectivity index is 0.00000720. The van der Waals surface area contributed by atoms with Crippen molar-refractivity contribution in [1.82, 2.24) is 19.1 Å². The number of aromatic nitrogens is 4. The molecule has 11 aromatic rings. The van der Waals surface area contributed by atoms with Crippen LogP contribution in [0.3, 0.4) is 0 Å². The van der Waals surface area contributed by atoms with E-state index < -0.39 is 0 Å². The zero-order valence-electron chi connectivity index (χ0n) is 49.3. The first-order chi connectivity index (χ1) is 37.3. The Morgan fingerprint density at radius 3 is 1.68 bits per heavy atom. The van der Waals surface area contributed by atoms with E-state index >= 15 is 0 Å². The van der Waals surface area contributed by atoms with E-state index in [9.17, 15) is 5.11 Å². The Hall–Kier alpha value is -7.33. The molecule has 6 heteroatoms. The Kier molecular flexibility index (Phi) is 14.2. The second kappa shape index (κ2) is 20.3. The minimum absolute atomic E-state index is 0. The number of hydrogen-bond acceptors (Lipinski definition) is 3. The average molecular weight is 1230 g/mol. The van der Waals surface area contributed by atoms with Gasteiger partial charge in [-0.05, 0) is 97.4 Å². The number of pyridine rings is 1. The summed E-state index contributed by atoms with van der Waals surface area (Å²) in [5.41, 5.74) is 19.3. The van der Waals surface area contributed by atoms with Gasteiger partial charge in [0.15, 0.2) is 0 Å². The van der Waals surface area contributed by atoms with Crippen LogP contribution in [0.4, 0.5) is 0 Å². The van der Waals surface area contributed by atoms with Gasteiger partial charge < -0.3 is 9.67 Å². The number of phenolic OH excluding ortho intramolecular Hbond substituents is 1. The van der Waals surface area contributed by atoms with E-state index in [0.29, 0.717) is 11.4 Å². The molecule has 0 amide bonds. The Labute approximate surface area is 489 Å². The predicted octanol–water partition coefficient (Wildman–Crippen LogP) is 19.8. The van der Waals surface area contributed by atoms with Crippen LogP contribution >= 0.6 is 0 Å². The number of para-hydroxylation sites is 3. The van der Waals surface area contributed by atoms with E-state index in [0.717, 1.165) is 89.3 Å². The van der Waals surface area contributed by atoms with Crippen molar-refractivity contribution in [2.75, 3.05) is 0 Å². The first-order valence-corrected chi connectivity index (χ1v) is 28.0. The topological polar surface area (TPSA) is 55.9 Å². The number of nitrogens with zero attached hydrogens (tertiary/aromatic N) is 4. The molecule has 0 spiro atoms. The van der Waals surface area contributed by atoms with Crippen molar-refractivity contribution in [2.24, 2.45) is 0 Å². The molecule has 0 radical (unpaired) electrons. The van der Waals surface area contributed by atoms with Gasteiger partial charge in [-0.15, -0.1) is 29.3 Å². The summed E-state index contributed by atoms with van der Waals surface area (Å²) in [7, 11) is 0. The summed E-state index contributed by atoms with van der Waals surface area (Å²) >= 11 is 0. The van der Waals surface area contributed by atoms with Crippen molar-refractivity contribution >= 4 is 32.8 Å². The third kappa shape index (κ3) is 10.3. The van der Waals surface area contributed by atoms with E-state index in [4.69, 9.17) is 9.97 Å². The zero-order chi connectivity index (χ0) is 56.1. The Bertz CT molecular complexity index is 4140. The van der Waals surface area contributed by atoms with Gasteiger partial charge in [-0.2, -0.15) is 0 Å². The summed E-state index contributed by atoms with van der Waals surface area (Å²) in [5.74, 6) is 0.931. The maximum Gasteiger partial charge on any atom is 0.148 e. The molecule has 3 heterocycles. The molecule has 0 aliphatic rings. The van der Waals surface area contributed by atoms with Crippen molar-refractivity contribution in [3.8, 4) is 73.2 Å². The molecule has 0 aliphatic heterocycles. The minimum atomic E-state index is -0.361. The smallest absolute Gasteiger partial charge is 0.148 e. The number of benzene rings is 8. The van der Waals surface area contributed by atoms with Gasteiger partial charge in [-0.25, -0.2) is 4.98 Å². The maximum absolute atomic E-state index is 12.9. The fourth-order valence-corrected chi connectivity index (χ4v) is 11.2. The Morgan fingerprint density at radius 1 is 0.425 bits per heavy atom. The van der Waals surface area contributed by atoms with Crippen LogP contribution in [0.25, 0.3) is 100 Å². The molecule has 80 heavy (non-hydrogen) atoms. The predicted molar refractivity (Wildman–Crippen MR) is 334 cm³/mol. The standard InChI is InChI=1S/C74H75N4O.Pt/c1-70(2,3)50-33-34-55(46-25-18-16-19-26-46)64(44-50)78-65-45-53(73(10,11)12)41-59(66(65)76-69(78)60-42-52(72(7,8)9)43-61(68(60)79)74(13,14)15)48-37-49(39-51(38-48)71(4,5)6)62-40-47(35-36-75-62)56-30-24-31-58-57-29-22-23-32-63(57)77(67(56)58)54-27-20-17-21-28-54;/h16-36,38-45,79H,1-15H3;/q-1;. The fourth-order valence-electron chi connectivity index (χ4n) is 11.2. The van der Waals surface area contributed by atoms with E-state index in [1.54, 1.807) is 0 Å². The number of rotatable bonds is 7. The normalized spacial score (nSPS) is 12.6. The number of fused-ring (bicyclic) bond motifs is 4. The molecule has 0 saturated carbocycles. The molecule has 0 atom stereocenters. The summed E-state index contributed by atoms with van der Waals surface area (Å²) in [6.45, 7) is 33.8. The molecular formula is C74H75N4OPt-. The fraction of sp³-hybridized carbons (Fsp3) is 0.270. The third-order valence-corrected chi connectivity index (χ3v) is 15.9. The third-order valence-electron chi connectivity index (χ3n) is 15.9. The van der Waals surface area contributed by atoms with Gasteiger partial charge in [-0.3, -0.25) is 9.55 Å². The van der Waals surface area contributed by atoms with Gasteiger partial charge in [0, 0.05) is 66.1 Å². The molecule has 0 saturated heterocycles. The van der Waals surface area contributed by atoms with Crippen molar-refractivity contribution < 1.29 is 26.2 Å². The molecule has 5 nitrogen and oxygen atoms in total. The molecule has 1 N–H and O–H groups in total. The number of hydrogen-bond donors (Lipinski definition) is 1. The van der Waals surface area contributed by atoms with Crippen LogP contribution in [0.5, 0.6) is 5.75 Å². The summed E-state index contributed by atoms with van der Waals surface area (Å²) in [6.07, 6.45) is 1.95.